The molecule has 0 spiro atoms. The van der Waals surface area contributed by atoms with Crippen LogP contribution in [0.2, 0.25) is 0 Å². The van der Waals surface area contributed by atoms with Crippen LogP contribution in [0.25, 0.3) is 6.08 Å². The van der Waals surface area contributed by atoms with Gasteiger partial charge in [0.2, 0.25) is 0 Å². The van der Waals surface area contributed by atoms with Crippen molar-refractivity contribution >= 4 is 44.5 Å². The third-order valence-corrected chi connectivity index (χ3v) is 2.05. The second-order valence-corrected chi connectivity index (χ2v) is 16.0. The quantitative estimate of drug-likeness (QED) is 0.416. The second-order valence-electron chi connectivity index (χ2n) is 2.85. The van der Waals surface area contributed by atoms with Gasteiger partial charge in [-0.15, -0.1) is 0 Å². The van der Waals surface area contributed by atoms with Gasteiger partial charge in [-0.05, 0) is 17.0 Å². The number of rotatable bonds is 0. The SMILES string of the molecule is CC1C=Cc2ccccc21.[I][Ti][I]. The van der Waals surface area contributed by atoms with Crippen molar-refractivity contribution in [2.24, 2.45) is 0 Å². The van der Waals surface area contributed by atoms with E-state index in [1.54, 1.807) is 0 Å². The molecule has 1 aliphatic rings. The molecule has 68 valence electrons. The summed E-state index contributed by atoms with van der Waals surface area (Å²) in [5, 5.41) is 0. The van der Waals surface area contributed by atoms with Gasteiger partial charge >= 0.3 is 50.0 Å². The summed E-state index contributed by atoms with van der Waals surface area (Å²) in [5.74, 6) is 0.621. The average Bonchev–Trinajstić information content (AvgIpc) is 2.50. The van der Waals surface area contributed by atoms with E-state index >= 15 is 0 Å². The summed E-state index contributed by atoms with van der Waals surface area (Å²) in [6, 6.07) is 8.54. The number of hydrogen-bond acceptors (Lipinski definition) is 0. The standard InChI is InChI=1S/C10H10.2HI.Ti/c1-8-6-7-9-4-2-3-5-10(8)9;;;/h2-8H,1H3;2*1H;/q;;;+2/p-2. The van der Waals surface area contributed by atoms with Crippen molar-refractivity contribution in [1.82, 2.24) is 0 Å². The molecule has 0 nitrogen and oxygen atoms in total. The maximum absolute atomic E-state index is 2.40. The van der Waals surface area contributed by atoms with Crippen LogP contribution in [0, 0.1) is 0 Å². The molecule has 1 unspecified atom stereocenters. The van der Waals surface area contributed by atoms with Crippen LogP contribution < -0.4 is 0 Å². The van der Waals surface area contributed by atoms with Gasteiger partial charge < -0.3 is 0 Å². The summed E-state index contributed by atoms with van der Waals surface area (Å²) in [4.78, 5) is 0. The van der Waals surface area contributed by atoms with Gasteiger partial charge in [0.15, 0.2) is 0 Å². The van der Waals surface area contributed by atoms with Gasteiger partial charge in [0, 0.05) is 0 Å². The van der Waals surface area contributed by atoms with Crippen molar-refractivity contribution in [2.75, 3.05) is 0 Å². The van der Waals surface area contributed by atoms with E-state index in [-0.39, 0.29) is 0 Å². The van der Waals surface area contributed by atoms with Crippen LogP contribution in [-0.4, -0.2) is 0 Å². The van der Waals surface area contributed by atoms with Crippen LogP contribution in [0.1, 0.15) is 24.0 Å². The first kappa shape index (κ1) is 12.2. The Morgan fingerprint density at radius 2 is 1.85 bits per heavy atom. The molecule has 1 atom stereocenters. The topological polar surface area (TPSA) is 0 Å². The number of hydrogen-bond donors (Lipinski definition) is 0. The van der Waals surface area contributed by atoms with Crippen LogP contribution in [0.3, 0.4) is 0 Å². The molecule has 0 heterocycles. The molecule has 0 N–H and O–H groups in total. The molecule has 13 heavy (non-hydrogen) atoms. The Balaban J connectivity index is 0.000000251. The van der Waals surface area contributed by atoms with Crippen molar-refractivity contribution in [3.8, 4) is 0 Å². The Labute approximate surface area is 109 Å². The molecule has 1 aromatic rings. The summed E-state index contributed by atoms with van der Waals surface area (Å²) >= 11 is 5.24. The van der Waals surface area contributed by atoms with Gasteiger partial charge in [-0.25, -0.2) is 0 Å². The molecule has 2 rings (SSSR count). The normalized spacial score (nSPS) is 17.3. The fourth-order valence-electron chi connectivity index (χ4n) is 1.43. The molecule has 3 heteroatoms. The van der Waals surface area contributed by atoms with Crippen molar-refractivity contribution in [3.05, 3.63) is 41.5 Å². The molecule has 0 bridgehead atoms. The third kappa shape index (κ3) is 3.65. The van der Waals surface area contributed by atoms with Crippen LogP contribution in [0.4, 0.5) is 0 Å². The molecule has 1 aromatic carbocycles. The van der Waals surface area contributed by atoms with E-state index in [4.69, 9.17) is 0 Å². The molecule has 0 fully saturated rings. The number of allylic oxidation sites excluding steroid dienone is 1. The van der Waals surface area contributed by atoms with Gasteiger partial charge in [-0.1, -0.05) is 43.3 Å². The fraction of sp³-hybridized carbons (Fsp3) is 0.200. The predicted molar refractivity (Wildman–Crippen MR) is 71.9 cm³/mol. The fourth-order valence-corrected chi connectivity index (χ4v) is 1.43. The van der Waals surface area contributed by atoms with E-state index in [1.807, 2.05) is 0 Å². The molecule has 0 aliphatic heterocycles. The van der Waals surface area contributed by atoms with E-state index in [0.717, 1.165) is 0 Å². The molecular weight excluding hydrogens is 422 g/mol. The van der Waals surface area contributed by atoms with Gasteiger partial charge in [0.1, 0.15) is 0 Å². The number of benzene rings is 1. The van der Waals surface area contributed by atoms with Crippen molar-refractivity contribution in [3.63, 3.8) is 0 Å². The third-order valence-electron chi connectivity index (χ3n) is 2.05. The Hall–Kier alpha value is 1.13. The minimum absolute atomic E-state index is 0.440. The first-order valence-electron chi connectivity index (χ1n) is 4.03. The van der Waals surface area contributed by atoms with Gasteiger partial charge in [0.05, 0.1) is 0 Å². The Kier molecular flexibility index (Phi) is 6.18. The minimum atomic E-state index is 0.440. The van der Waals surface area contributed by atoms with Gasteiger partial charge in [0.25, 0.3) is 0 Å². The van der Waals surface area contributed by atoms with E-state index in [0.29, 0.717) is 17.6 Å². The molecule has 0 saturated heterocycles. The first-order valence-corrected chi connectivity index (χ1v) is 14.1. The molecule has 0 saturated carbocycles. The number of halogens is 2. The van der Waals surface area contributed by atoms with Gasteiger partial charge in [-0.2, -0.15) is 0 Å². The zero-order chi connectivity index (χ0) is 9.68. The van der Waals surface area contributed by atoms with Gasteiger partial charge in [-0.3, -0.25) is 0 Å². The number of fused-ring (bicyclic) bond motifs is 1. The van der Waals surface area contributed by atoms with Crippen LogP contribution >= 0.6 is 38.4 Å². The zero-order valence-electron chi connectivity index (χ0n) is 7.30. The summed E-state index contributed by atoms with van der Waals surface area (Å²) < 4.78 is 0. The van der Waals surface area contributed by atoms with E-state index in [9.17, 15) is 0 Å². The van der Waals surface area contributed by atoms with Crippen molar-refractivity contribution < 1.29 is 11.7 Å². The monoisotopic (exact) mass is 432 g/mol. The maximum atomic E-state index is 2.40. The predicted octanol–water partition coefficient (Wildman–Crippen LogP) is 4.59. The second kappa shape index (κ2) is 6.59. The van der Waals surface area contributed by atoms with E-state index in [1.165, 1.54) is 11.1 Å². The summed E-state index contributed by atoms with van der Waals surface area (Å²) in [5.41, 5.74) is 2.84. The summed E-state index contributed by atoms with van der Waals surface area (Å²) in [7, 11) is 0. The zero-order valence-corrected chi connectivity index (χ0v) is 13.2. The summed E-state index contributed by atoms with van der Waals surface area (Å²) in [6.45, 7) is 2.22. The molecule has 0 aromatic heterocycles. The molecule has 0 amide bonds. The Morgan fingerprint density at radius 3 is 2.46 bits per heavy atom. The average molecular weight is 432 g/mol. The van der Waals surface area contributed by atoms with Crippen LogP contribution in [0.5, 0.6) is 0 Å². The Bertz CT molecular complexity index is 297. The van der Waals surface area contributed by atoms with Crippen molar-refractivity contribution in [1.29, 1.82) is 0 Å². The molecular formula is C10H10I2Ti. The summed E-state index contributed by atoms with van der Waals surface area (Å²) in [6.07, 6.45) is 4.44. The van der Waals surface area contributed by atoms with E-state index < -0.39 is 0 Å². The Morgan fingerprint density at radius 1 is 1.23 bits per heavy atom. The van der Waals surface area contributed by atoms with E-state index in [2.05, 4.69) is 81.7 Å². The first-order chi connectivity index (χ1) is 6.29. The molecule has 1 aliphatic carbocycles. The molecule has 0 radical (unpaired) electrons. The van der Waals surface area contributed by atoms with Crippen LogP contribution in [-0.2, 0) is 11.7 Å². The van der Waals surface area contributed by atoms with Crippen molar-refractivity contribution in [2.45, 2.75) is 12.8 Å². The van der Waals surface area contributed by atoms with Crippen LogP contribution in [0.15, 0.2) is 30.3 Å².